The molecule has 0 bridgehead atoms. The number of fused-ring (bicyclic) bond motifs is 1. The van der Waals surface area contributed by atoms with Crippen LogP contribution in [0.2, 0.25) is 0 Å². The number of aromatic nitrogens is 1. The highest BCUT2D eigenvalue weighted by Crippen LogP contribution is 2.41. The first kappa shape index (κ1) is 22.8. The summed E-state index contributed by atoms with van der Waals surface area (Å²) in [5, 5.41) is 15.9. The van der Waals surface area contributed by atoms with Gasteiger partial charge in [-0.3, -0.25) is 10.1 Å². The highest BCUT2D eigenvalue weighted by atomic mass is 16.6. The summed E-state index contributed by atoms with van der Waals surface area (Å²) in [4.78, 5) is 19.2. The van der Waals surface area contributed by atoms with Crippen LogP contribution < -0.4 is 10.2 Å². The van der Waals surface area contributed by atoms with Crippen molar-refractivity contribution in [3.63, 3.8) is 0 Å². The van der Waals surface area contributed by atoms with E-state index in [0.717, 1.165) is 48.1 Å². The van der Waals surface area contributed by atoms with Gasteiger partial charge in [0.15, 0.2) is 0 Å². The molecular weight excluding hydrogens is 412 g/mol. The van der Waals surface area contributed by atoms with Gasteiger partial charge < -0.3 is 10.2 Å². The fraction of sp³-hybridized carbons (Fsp3) is 0.370. The molecule has 0 unspecified atom stereocenters. The maximum absolute atomic E-state index is 12.5. The molecule has 3 aromatic rings. The fourth-order valence-corrected chi connectivity index (χ4v) is 4.42. The summed E-state index contributed by atoms with van der Waals surface area (Å²) in [6.07, 6.45) is 3.81. The third-order valence-corrected chi connectivity index (χ3v) is 6.03. The lowest BCUT2D eigenvalue weighted by Gasteiger charge is -2.28. The van der Waals surface area contributed by atoms with E-state index < -0.39 is 0 Å². The van der Waals surface area contributed by atoms with Crippen LogP contribution in [0.3, 0.4) is 0 Å². The molecule has 0 saturated heterocycles. The van der Waals surface area contributed by atoms with Gasteiger partial charge in [-0.15, -0.1) is 0 Å². The van der Waals surface area contributed by atoms with Gasteiger partial charge in [0.05, 0.1) is 4.92 Å². The second kappa shape index (κ2) is 10.5. The molecule has 1 aromatic heterocycles. The number of nitrogens with one attached hydrogen (secondary N) is 1. The molecule has 0 aliphatic heterocycles. The van der Waals surface area contributed by atoms with Crippen LogP contribution in [-0.4, -0.2) is 16.5 Å². The number of nitrogens with zero attached hydrogens (tertiary/aromatic N) is 3. The summed E-state index contributed by atoms with van der Waals surface area (Å²) in [5.74, 6) is 0.838. The Morgan fingerprint density at radius 1 is 0.970 bits per heavy atom. The summed E-state index contributed by atoms with van der Waals surface area (Å²) < 4.78 is 0. The average molecular weight is 445 g/mol. The zero-order valence-electron chi connectivity index (χ0n) is 19.5. The summed E-state index contributed by atoms with van der Waals surface area (Å²) in [7, 11) is 0. The molecule has 0 atom stereocenters. The number of nitro groups is 1. The zero-order valence-corrected chi connectivity index (χ0v) is 19.5. The lowest BCUT2D eigenvalue weighted by molar-refractivity contribution is -0.383. The Labute approximate surface area is 195 Å². The molecule has 172 valence electrons. The molecule has 2 aromatic carbocycles. The van der Waals surface area contributed by atoms with Crippen molar-refractivity contribution in [1.29, 1.82) is 0 Å². The van der Waals surface area contributed by atoms with Crippen LogP contribution >= 0.6 is 0 Å². The van der Waals surface area contributed by atoms with Gasteiger partial charge in [0, 0.05) is 30.9 Å². The molecule has 4 rings (SSSR count). The maximum Gasteiger partial charge on any atom is 0.334 e. The minimum Gasteiger partial charge on any atom is -0.379 e. The SMILES string of the molecule is CC(C)CNc1c2c(nc(N(Cc3ccccc3)Cc3ccccc3)c1[N+](=O)[O-])CCCC2. The normalized spacial score (nSPS) is 12.9. The van der Waals surface area contributed by atoms with E-state index in [1.807, 2.05) is 36.4 Å². The van der Waals surface area contributed by atoms with Crippen LogP contribution in [0.1, 0.15) is 49.1 Å². The number of hydrogen-bond acceptors (Lipinski definition) is 5. The summed E-state index contributed by atoms with van der Waals surface area (Å²) >= 11 is 0. The molecule has 0 radical (unpaired) electrons. The largest absolute Gasteiger partial charge is 0.379 e. The summed E-state index contributed by atoms with van der Waals surface area (Å²) in [6.45, 7) is 6.01. The van der Waals surface area contributed by atoms with Crippen molar-refractivity contribution in [3.8, 4) is 0 Å². The summed E-state index contributed by atoms with van der Waals surface area (Å²) in [5.41, 5.74) is 4.98. The van der Waals surface area contributed by atoms with Crippen LogP contribution in [-0.2, 0) is 25.9 Å². The predicted octanol–water partition coefficient (Wildman–Crippen LogP) is 6.14. The molecule has 0 amide bonds. The van der Waals surface area contributed by atoms with Crippen LogP contribution in [0.25, 0.3) is 0 Å². The molecule has 0 fully saturated rings. The summed E-state index contributed by atoms with van der Waals surface area (Å²) in [6, 6.07) is 20.2. The quantitative estimate of drug-likeness (QED) is 0.317. The molecule has 1 aliphatic carbocycles. The number of pyridine rings is 1. The minimum atomic E-state index is -0.247. The van der Waals surface area contributed by atoms with Crippen molar-refractivity contribution in [1.82, 2.24) is 4.98 Å². The van der Waals surface area contributed by atoms with Crippen molar-refractivity contribution in [3.05, 3.63) is 93.2 Å². The van der Waals surface area contributed by atoms with Crippen molar-refractivity contribution >= 4 is 17.2 Å². The molecule has 1 heterocycles. The Bertz CT molecular complexity index is 1040. The monoisotopic (exact) mass is 444 g/mol. The number of benzene rings is 2. The van der Waals surface area contributed by atoms with Crippen LogP contribution in [0.5, 0.6) is 0 Å². The van der Waals surface area contributed by atoms with Gasteiger partial charge >= 0.3 is 5.69 Å². The van der Waals surface area contributed by atoms with E-state index in [2.05, 4.69) is 48.3 Å². The molecule has 6 nitrogen and oxygen atoms in total. The van der Waals surface area contributed by atoms with Gasteiger partial charge in [-0.2, -0.15) is 0 Å². The molecule has 0 spiro atoms. The van der Waals surface area contributed by atoms with Crippen molar-refractivity contribution in [2.24, 2.45) is 5.92 Å². The Morgan fingerprint density at radius 3 is 2.09 bits per heavy atom. The van der Waals surface area contributed by atoms with Gasteiger partial charge in [0.2, 0.25) is 5.82 Å². The van der Waals surface area contributed by atoms with Crippen LogP contribution in [0.15, 0.2) is 60.7 Å². The Hall–Kier alpha value is -3.41. The van der Waals surface area contributed by atoms with Crippen LogP contribution in [0.4, 0.5) is 17.2 Å². The highest BCUT2D eigenvalue weighted by Gasteiger charge is 2.32. The number of hydrogen-bond donors (Lipinski definition) is 1. The maximum atomic E-state index is 12.5. The predicted molar refractivity (Wildman–Crippen MR) is 134 cm³/mol. The number of rotatable bonds is 9. The molecule has 1 aliphatic rings. The average Bonchev–Trinajstić information content (AvgIpc) is 2.82. The molecular formula is C27H32N4O2. The zero-order chi connectivity index (χ0) is 23.2. The molecule has 33 heavy (non-hydrogen) atoms. The number of aryl methyl sites for hydroxylation is 1. The van der Waals surface area contributed by atoms with E-state index in [9.17, 15) is 10.1 Å². The second-order valence-corrected chi connectivity index (χ2v) is 9.15. The van der Waals surface area contributed by atoms with Gasteiger partial charge in [-0.25, -0.2) is 4.98 Å². The third kappa shape index (κ3) is 5.51. The molecule has 0 saturated carbocycles. The molecule has 6 heteroatoms. The van der Waals surface area contributed by atoms with E-state index in [0.29, 0.717) is 37.1 Å². The minimum absolute atomic E-state index is 0.100. The first-order valence-corrected chi connectivity index (χ1v) is 11.8. The smallest absolute Gasteiger partial charge is 0.334 e. The van der Waals surface area contributed by atoms with Crippen molar-refractivity contribution < 1.29 is 4.92 Å². The first-order valence-electron chi connectivity index (χ1n) is 11.8. The van der Waals surface area contributed by atoms with Gasteiger partial charge in [0.25, 0.3) is 0 Å². The van der Waals surface area contributed by atoms with Gasteiger partial charge in [0.1, 0.15) is 5.69 Å². The second-order valence-electron chi connectivity index (χ2n) is 9.15. The van der Waals surface area contributed by atoms with Crippen molar-refractivity contribution in [2.75, 3.05) is 16.8 Å². The Morgan fingerprint density at radius 2 is 1.55 bits per heavy atom. The van der Waals surface area contributed by atoms with Crippen molar-refractivity contribution in [2.45, 2.75) is 52.6 Å². The first-order chi connectivity index (χ1) is 16.0. The van der Waals surface area contributed by atoms with E-state index >= 15 is 0 Å². The lowest BCUT2D eigenvalue weighted by atomic mass is 9.93. The third-order valence-electron chi connectivity index (χ3n) is 6.03. The van der Waals surface area contributed by atoms with E-state index in [1.54, 1.807) is 0 Å². The standard InChI is InChI=1S/C27H32N4O2/c1-20(2)17-28-25-23-15-9-10-16-24(23)29-27(26(25)31(32)33)30(18-21-11-5-3-6-12-21)19-22-13-7-4-8-14-22/h3-8,11-14,20H,9-10,15-19H2,1-2H3,(H,28,29). The van der Waals surface area contributed by atoms with E-state index in [4.69, 9.17) is 4.98 Å². The van der Waals surface area contributed by atoms with Crippen LogP contribution in [0, 0.1) is 16.0 Å². The van der Waals surface area contributed by atoms with E-state index in [-0.39, 0.29) is 10.6 Å². The van der Waals surface area contributed by atoms with E-state index in [1.165, 1.54) is 0 Å². The lowest BCUT2D eigenvalue weighted by Crippen LogP contribution is -2.26. The number of anilines is 2. The van der Waals surface area contributed by atoms with Gasteiger partial charge in [-0.1, -0.05) is 74.5 Å². The highest BCUT2D eigenvalue weighted by molar-refractivity contribution is 5.78. The fourth-order valence-electron chi connectivity index (χ4n) is 4.42. The molecule has 1 N–H and O–H groups in total. The Balaban J connectivity index is 1.85. The Kier molecular flexibility index (Phi) is 7.23. The van der Waals surface area contributed by atoms with Gasteiger partial charge in [-0.05, 0) is 42.7 Å². The topological polar surface area (TPSA) is 71.3 Å².